The van der Waals surface area contributed by atoms with E-state index in [-0.39, 0.29) is 0 Å². The first-order chi connectivity index (χ1) is 8.33. The van der Waals surface area contributed by atoms with Crippen LogP contribution in [0.4, 0.5) is 0 Å². The van der Waals surface area contributed by atoms with Crippen LogP contribution in [0, 0.1) is 0 Å². The smallest absolute Gasteiger partial charge is 0.0473 e. The third-order valence-corrected chi connectivity index (χ3v) is 4.03. The van der Waals surface area contributed by atoms with Gasteiger partial charge in [-0.1, -0.05) is 13.0 Å². The Morgan fingerprint density at radius 1 is 1.41 bits per heavy atom. The number of fused-ring (bicyclic) bond motifs is 3. The normalized spacial score (nSPS) is 19.5. The van der Waals surface area contributed by atoms with Gasteiger partial charge in [0, 0.05) is 22.6 Å². The Labute approximate surface area is 102 Å². The highest BCUT2D eigenvalue weighted by Crippen LogP contribution is 2.34. The molecule has 2 nitrogen and oxygen atoms in total. The molecule has 0 saturated carbocycles. The van der Waals surface area contributed by atoms with Gasteiger partial charge in [-0.05, 0) is 56.0 Å². The van der Waals surface area contributed by atoms with Gasteiger partial charge in [-0.15, -0.1) is 0 Å². The molecule has 0 saturated heterocycles. The van der Waals surface area contributed by atoms with Crippen LogP contribution >= 0.6 is 0 Å². The maximum absolute atomic E-state index is 3.61. The van der Waals surface area contributed by atoms with E-state index in [1.807, 2.05) is 0 Å². The van der Waals surface area contributed by atoms with E-state index in [4.69, 9.17) is 0 Å². The molecule has 0 aliphatic heterocycles. The molecule has 17 heavy (non-hydrogen) atoms. The Kier molecular flexibility index (Phi) is 2.67. The molecule has 1 unspecified atom stereocenters. The minimum atomic E-state index is 0.510. The van der Waals surface area contributed by atoms with E-state index >= 15 is 0 Å². The van der Waals surface area contributed by atoms with Crippen molar-refractivity contribution in [3.63, 3.8) is 0 Å². The number of aromatic amines is 1. The number of nitrogens with one attached hydrogen (secondary N) is 2. The zero-order valence-electron chi connectivity index (χ0n) is 10.6. The molecule has 0 radical (unpaired) electrons. The van der Waals surface area contributed by atoms with Crippen LogP contribution in [0.5, 0.6) is 0 Å². The van der Waals surface area contributed by atoms with Crippen LogP contribution in [0.1, 0.15) is 42.6 Å². The van der Waals surface area contributed by atoms with Gasteiger partial charge in [0.05, 0.1) is 0 Å². The molecule has 3 rings (SSSR count). The van der Waals surface area contributed by atoms with E-state index in [0.717, 1.165) is 6.42 Å². The molecule has 0 spiro atoms. The van der Waals surface area contributed by atoms with E-state index < -0.39 is 0 Å². The van der Waals surface area contributed by atoms with Gasteiger partial charge in [0.1, 0.15) is 0 Å². The first-order valence-corrected chi connectivity index (χ1v) is 6.64. The summed E-state index contributed by atoms with van der Waals surface area (Å²) in [7, 11) is 2.06. The molecular weight excluding hydrogens is 208 g/mol. The number of hydrogen-bond donors (Lipinski definition) is 2. The molecule has 2 heteroatoms. The van der Waals surface area contributed by atoms with Crippen LogP contribution in [0.3, 0.4) is 0 Å². The van der Waals surface area contributed by atoms with Crippen LogP contribution in [-0.2, 0) is 12.8 Å². The summed E-state index contributed by atoms with van der Waals surface area (Å²) in [6, 6.07) is 7.34. The van der Waals surface area contributed by atoms with Gasteiger partial charge < -0.3 is 10.3 Å². The van der Waals surface area contributed by atoms with E-state index in [9.17, 15) is 0 Å². The molecule has 0 amide bonds. The lowest BCUT2D eigenvalue weighted by molar-refractivity contribution is 0.489. The zero-order valence-corrected chi connectivity index (χ0v) is 10.6. The fourth-order valence-electron chi connectivity index (χ4n) is 3.02. The van der Waals surface area contributed by atoms with Crippen molar-refractivity contribution in [1.82, 2.24) is 10.3 Å². The lowest BCUT2D eigenvalue weighted by atomic mass is 9.91. The maximum Gasteiger partial charge on any atom is 0.0473 e. The van der Waals surface area contributed by atoms with Gasteiger partial charge in [0.25, 0.3) is 0 Å². The minimum Gasteiger partial charge on any atom is -0.357 e. The summed E-state index contributed by atoms with van der Waals surface area (Å²) in [5, 5.41) is 4.86. The van der Waals surface area contributed by atoms with Crippen molar-refractivity contribution in [2.24, 2.45) is 0 Å². The zero-order chi connectivity index (χ0) is 11.8. The summed E-state index contributed by atoms with van der Waals surface area (Å²) in [6.07, 6.45) is 4.88. The van der Waals surface area contributed by atoms with Crippen molar-refractivity contribution in [2.75, 3.05) is 7.05 Å². The van der Waals surface area contributed by atoms with Crippen molar-refractivity contribution < 1.29 is 0 Å². The second-order valence-electron chi connectivity index (χ2n) is 4.98. The molecule has 1 atom stereocenters. The lowest BCUT2D eigenvalue weighted by Crippen LogP contribution is -2.21. The predicted octanol–water partition coefficient (Wildman–Crippen LogP) is 3.33. The standard InChI is InChI=1S/C15H20N2/c1-3-10-7-8-13-12(9-10)11-5-4-6-14(16-2)15(11)17-13/h7-9,14,16-17H,3-6H2,1-2H3. The SMILES string of the molecule is CCc1ccc2[nH]c3c(c2c1)CCCC3NC. The van der Waals surface area contributed by atoms with E-state index in [1.54, 1.807) is 5.56 Å². The van der Waals surface area contributed by atoms with Gasteiger partial charge in [-0.25, -0.2) is 0 Å². The molecule has 1 heterocycles. The van der Waals surface area contributed by atoms with E-state index in [0.29, 0.717) is 6.04 Å². The minimum absolute atomic E-state index is 0.510. The summed E-state index contributed by atoms with van der Waals surface area (Å²) >= 11 is 0. The number of hydrogen-bond acceptors (Lipinski definition) is 1. The lowest BCUT2D eigenvalue weighted by Gasteiger charge is -2.21. The Morgan fingerprint density at radius 2 is 2.29 bits per heavy atom. The van der Waals surface area contributed by atoms with Crippen LogP contribution in [-0.4, -0.2) is 12.0 Å². The van der Waals surface area contributed by atoms with Crippen LogP contribution in [0.15, 0.2) is 18.2 Å². The summed E-state index contributed by atoms with van der Waals surface area (Å²) < 4.78 is 0. The topological polar surface area (TPSA) is 27.8 Å². The molecular formula is C15H20N2. The van der Waals surface area contributed by atoms with Crippen LogP contribution < -0.4 is 5.32 Å². The Bertz CT molecular complexity index is 539. The number of rotatable bonds is 2. The van der Waals surface area contributed by atoms with Crippen LogP contribution in [0.2, 0.25) is 0 Å². The number of aryl methyl sites for hydroxylation is 2. The molecule has 1 aromatic carbocycles. The first-order valence-electron chi connectivity index (χ1n) is 6.64. The Hall–Kier alpha value is -1.28. The van der Waals surface area contributed by atoms with Gasteiger partial charge >= 0.3 is 0 Å². The molecule has 0 fully saturated rings. The van der Waals surface area contributed by atoms with Crippen molar-refractivity contribution in [3.05, 3.63) is 35.0 Å². The highest BCUT2D eigenvalue weighted by molar-refractivity contribution is 5.85. The molecule has 0 bridgehead atoms. The van der Waals surface area contributed by atoms with E-state index in [1.165, 1.54) is 41.4 Å². The van der Waals surface area contributed by atoms with Crippen molar-refractivity contribution in [1.29, 1.82) is 0 Å². The van der Waals surface area contributed by atoms with Gasteiger partial charge in [-0.3, -0.25) is 0 Å². The Morgan fingerprint density at radius 3 is 3.06 bits per heavy atom. The highest BCUT2D eigenvalue weighted by atomic mass is 14.9. The number of H-pyrrole nitrogens is 1. The summed E-state index contributed by atoms with van der Waals surface area (Å²) in [6.45, 7) is 2.22. The third-order valence-electron chi connectivity index (χ3n) is 4.03. The van der Waals surface area contributed by atoms with E-state index in [2.05, 4.69) is 42.5 Å². The summed E-state index contributed by atoms with van der Waals surface area (Å²) in [5.41, 5.74) is 5.70. The largest absolute Gasteiger partial charge is 0.357 e. The average Bonchev–Trinajstić information content (AvgIpc) is 2.76. The van der Waals surface area contributed by atoms with Crippen molar-refractivity contribution >= 4 is 10.9 Å². The van der Waals surface area contributed by atoms with Gasteiger partial charge in [0.15, 0.2) is 0 Å². The Balaban J connectivity index is 2.20. The molecule has 90 valence electrons. The fourth-order valence-corrected chi connectivity index (χ4v) is 3.02. The van der Waals surface area contributed by atoms with Gasteiger partial charge in [0.2, 0.25) is 0 Å². The average molecular weight is 228 g/mol. The quantitative estimate of drug-likeness (QED) is 0.810. The fraction of sp³-hybridized carbons (Fsp3) is 0.467. The van der Waals surface area contributed by atoms with Gasteiger partial charge in [-0.2, -0.15) is 0 Å². The molecule has 1 aliphatic rings. The van der Waals surface area contributed by atoms with Crippen molar-refractivity contribution in [3.8, 4) is 0 Å². The number of benzene rings is 1. The monoisotopic (exact) mass is 228 g/mol. The summed E-state index contributed by atoms with van der Waals surface area (Å²) in [4.78, 5) is 3.61. The molecule has 2 aromatic rings. The molecule has 2 N–H and O–H groups in total. The molecule has 1 aromatic heterocycles. The summed E-state index contributed by atoms with van der Waals surface area (Å²) in [5.74, 6) is 0. The number of aromatic nitrogens is 1. The van der Waals surface area contributed by atoms with Crippen LogP contribution in [0.25, 0.3) is 10.9 Å². The highest BCUT2D eigenvalue weighted by Gasteiger charge is 2.22. The second kappa shape index (κ2) is 4.19. The van der Waals surface area contributed by atoms with Crippen molar-refractivity contribution in [2.45, 2.75) is 38.6 Å². The molecule has 1 aliphatic carbocycles. The first kappa shape index (κ1) is 10.8. The third kappa shape index (κ3) is 1.67. The second-order valence-corrected chi connectivity index (χ2v) is 4.98. The predicted molar refractivity (Wildman–Crippen MR) is 72.4 cm³/mol. The maximum atomic E-state index is 3.61.